The molecule has 0 fully saturated rings. The van der Waals surface area contributed by atoms with E-state index in [-0.39, 0.29) is 22.6 Å². The molecule has 0 aliphatic carbocycles. The lowest BCUT2D eigenvalue weighted by molar-refractivity contribution is -0.113. The number of aromatic nitrogens is 2. The van der Waals surface area contributed by atoms with Crippen LogP contribution < -0.4 is 19.5 Å². The monoisotopic (exact) mass is 479 g/mol. The van der Waals surface area contributed by atoms with Gasteiger partial charge in [-0.15, -0.1) is 10.2 Å². The van der Waals surface area contributed by atoms with Crippen LogP contribution in [0.4, 0.5) is 14.5 Å². The van der Waals surface area contributed by atoms with E-state index in [0.717, 1.165) is 30.0 Å². The second-order valence-electron chi connectivity index (χ2n) is 6.47. The Bertz CT molecular complexity index is 1060. The van der Waals surface area contributed by atoms with E-state index in [1.807, 2.05) is 20.8 Å². The van der Waals surface area contributed by atoms with Crippen molar-refractivity contribution in [1.82, 2.24) is 10.2 Å². The summed E-state index contributed by atoms with van der Waals surface area (Å²) in [6, 6.07) is 6.19. The molecule has 1 aromatic heterocycles. The molecule has 3 rings (SSSR count). The first kappa shape index (κ1) is 24.3. The van der Waals surface area contributed by atoms with Gasteiger partial charge >= 0.3 is 0 Å². The van der Waals surface area contributed by atoms with Crippen LogP contribution in [0.2, 0.25) is 0 Å². The standard InChI is InChI=1S/C22H23F2N3O5S/c1-4-29-17-7-13(8-18(30-5-2)20(17)31-6-3)21-26-27-22(32-21)33-12-19(28)25-16-10-14(23)9-15(24)11-16/h7-11H,4-6,12H2,1-3H3,(H,25,28). The Labute approximate surface area is 193 Å². The molecule has 1 amide bonds. The molecule has 0 radical (unpaired) electrons. The first-order valence-electron chi connectivity index (χ1n) is 10.2. The molecular formula is C22H23F2N3O5S. The number of amides is 1. The first-order valence-corrected chi connectivity index (χ1v) is 11.2. The summed E-state index contributed by atoms with van der Waals surface area (Å²) >= 11 is 0.985. The van der Waals surface area contributed by atoms with Crippen molar-refractivity contribution in [1.29, 1.82) is 0 Å². The minimum absolute atomic E-state index is 0.0191. The average molecular weight is 480 g/mol. The number of hydrogen-bond acceptors (Lipinski definition) is 8. The van der Waals surface area contributed by atoms with Gasteiger partial charge in [-0.1, -0.05) is 11.8 Å². The van der Waals surface area contributed by atoms with E-state index in [0.29, 0.717) is 42.6 Å². The quantitative estimate of drug-likeness (QED) is 0.386. The molecule has 0 saturated heterocycles. The smallest absolute Gasteiger partial charge is 0.277 e. The Morgan fingerprint density at radius 2 is 1.55 bits per heavy atom. The highest BCUT2D eigenvalue weighted by molar-refractivity contribution is 7.99. The molecule has 0 saturated carbocycles. The van der Waals surface area contributed by atoms with Crippen LogP contribution in [0.25, 0.3) is 11.5 Å². The second-order valence-corrected chi connectivity index (χ2v) is 7.40. The SMILES string of the molecule is CCOc1cc(-c2nnc(SCC(=O)Nc3cc(F)cc(F)c3)o2)cc(OCC)c1OCC. The number of halogens is 2. The van der Waals surface area contributed by atoms with Gasteiger partial charge in [0.2, 0.25) is 17.5 Å². The first-order chi connectivity index (χ1) is 15.9. The van der Waals surface area contributed by atoms with Crippen molar-refractivity contribution in [3.63, 3.8) is 0 Å². The fraction of sp³-hybridized carbons (Fsp3) is 0.318. The number of benzene rings is 2. The third-order valence-corrected chi connectivity index (χ3v) is 4.85. The van der Waals surface area contributed by atoms with Gasteiger partial charge in [-0.25, -0.2) is 8.78 Å². The van der Waals surface area contributed by atoms with Crippen molar-refractivity contribution in [3.05, 3.63) is 42.0 Å². The van der Waals surface area contributed by atoms with Crippen LogP contribution in [0, 0.1) is 11.6 Å². The number of nitrogens with zero attached hydrogens (tertiary/aromatic N) is 2. The van der Waals surface area contributed by atoms with Crippen LogP contribution in [0.3, 0.4) is 0 Å². The molecule has 0 spiro atoms. The maximum absolute atomic E-state index is 13.3. The molecular weight excluding hydrogens is 456 g/mol. The van der Waals surface area contributed by atoms with E-state index in [4.69, 9.17) is 18.6 Å². The summed E-state index contributed by atoms with van der Waals surface area (Å²) in [6.07, 6.45) is 0. The Morgan fingerprint density at radius 3 is 2.12 bits per heavy atom. The molecule has 176 valence electrons. The van der Waals surface area contributed by atoms with Gasteiger partial charge in [0.1, 0.15) is 11.6 Å². The Balaban J connectivity index is 1.73. The average Bonchev–Trinajstić information content (AvgIpc) is 3.23. The molecule has 1 N–H and O–H groups in total. The summed E-state index contributed by atoms with van der Waals surface area (Å²) < 4.78 is 49.3. The van der Waals surface area contributed by atoms with Gasteiger partial charge in [0.05, 0.1) is 25.6 Å². The maximum atomic E-state index is 13.3. The molecule has 2 aromatic carbocycles. The Hall–Kier alpha value is -3.34. The minimum Gasteiger partial charge on any atom is -0.490 e. The van der Waals surface area contributed by atoms with Gasteiger partial charge in [0.25, 0.3) is 5.22 Å². The molecule has 11 heteroatoms. The topological polar surface area (TPSA) is 95.7 Å². The van der Waals surface area contributed by atoms with Gasteiger partial charge in [-0.3, -0.25) is 4.79 Å². The minimum atomic E-state index is -0.785. The summed E-state index contributed by atoms with van der Waals surface area (Å²) in [6.45, 7) is 6.85. The molecule has 0 aliphatic rings. The lowest BCUT2D eigenvalue weighted by Crippen LogP contribution is -2.14. The lowest BCUT2D eigenvalue weighted by atomic mass is 10.2. The molecule has 8 nitrogen and oxygen atoms in total. The van der Waals surface area contributed by atoms with Crippen molar-refractivity contribution in [2.24, 2.45) is 0 Å². The van der Waals surface area contributed by atoms with Gasteiger partial charge < -0.3 is 23.9 Å². The molecule has 1 heterocycles. The van der Waals surface area contributed by atoms with E-state index >= 15 is 0 Å². The van der Waals surface area contributed by atoms with Gasteiger partial charge in [-0.05, 0) is 45.0 Å². The zero-order valence-electron chi connectivity index (χ0n) is 18.3. The fourth-order valence-electron chi connectivity index (χ4n) is 2.85. The van der Waals surface area contributed by atoms with Crippen molar-refractivity contribution >= 4 is 23.4 Å². The van der Waals surface area contributed by atoms with Crippen molar-refractivity contribution < 1.29 is 32.2 Å². The number of carbonyl (C=O) groups is 1. The number of anilines is 1. The van der Waals surface area contributed by atoms with Gasteiger partial charge in [0.15, 0.2) is 11.5 Å². The Kier molecular flexibility index (Phi) is 8.47. The summed E-state index contributed by atoms with van der Waals surface area (Å²) in [4.78, 5) is 12.1. The molecule has 0 atom stereocenters. The third kappa shape index (κ3) is 6.58. The van der Waals surface area contributed by atoms with E-state index < -0.39 is 17.5 Å². The van der Waals surface area contributed by atoms with Crippen molar-refractivity contribution in [3.8, 4) is 28.7 Å². The Morgan fingerprint density at radius 1 is 0.939 bits per heavy atom. The predicted molar refractivity (Wildman–Crippen MR) is 119 cm³/mol. The highest BCUT2D eigenvalue weighted by atomic mass is 32.2. The van der Waals surface area contributed by atoms with Crippen LogP contribution in [-0.4, -0.2) is 41.7 Å². The van der Waals surface area contributed by atoms with Crippen LogP contribution in [0.1, 0.15) is 20.8 Å². The molecule has 0 aliphatic heterocycles. The second kappa shape index (κ2) is 11.5. The van der Waals surface area contributed by atoms with Gasteiger partial charge in [-0.2, -0.15) is 0 Å². The number of thioether (sulfide) groups is 1. The lowest BCUT2D eigenvalue weighted by Gasteiger charge is -2.16. The summed E-state index contributed by atoms with van der Waals surface area (Å²) in [5, 5.41) is 10.5. The fourth-order valence-corrected chi connectivity index (χ4v) is 3.41. The largest absolute Gasteiger partial charge is 0.490 e. The van der Waals surface area contributed by atoms with Gasteiger partial charge in [0, 0.05) is 17.3 Å². The highest BCUT2D eigenvalue weighted by Crippen LogP contribution is 2.42. The maximum Gasteiger partial charge on any atom is 0.277 e. The number of nitrogens with one attached hydrogen (secondary N) is 1. The summed E-state index contributed by atoms with van der Waals surface area (Å²) in [7, 11) is 0. The van der Waals surface area contributed by atoms with Crippen LogP contribution in [0.5, 0.6) is 17.2 Å². The van der Waals surface area contributed by atoms with E-state index in [1.165, 1.54) is 0 Å². The van der Waals surface area contributed by atoms with E-state index in [9.17, 15) is 13.6 Å². The highest BCUT2D eigenvalue weighted by Gasteiger charge is 2.19. The number of hydrogen-bond donors (Lipinski definition) is 1. The third-order valence-electron chi connectivity index (χ3n) is 4.04. The zero-order valence-corrected chi connectivity index (χ0v) is 19.1. The van der Waals surface area contributed by atoms with Crippen LogP contribution in [-0.2, 0) is 4.79 Å². The predicted octanol–water partition coefficient (Wildman–Crippen LogP) is 4.94. The molecule has 3 aromatic rings. The number of rotatable bonds is 11. The van der Waals surface area contributed by atoms with Crippen molar-refractivity contribution in [2.75, 3.05) is 30.9 Å². The van der Waals surface area contributed by atoms with Crippen LogP contribution >= 0.6 is 11.8 Å². The summed E-state index contributed by atoms with van der Waals surface area (Å²) in [5.74, 6) is -0.496. The van der Waals surface area contributed by atoms with Crippen LogP contribution in [0.15, 0.2) is 40.0 Å². The molecule has 0 bridgehead atoms. The number of carbonyl (C=O) groups excluding carboxylic acids is 1. The number of ether oxygens (including phenoxy) is 3. The van der Waals surface area contributed by atoms with Crippen molar-refractivity contribution in [2.45, 2.75) is 26.0 Å². The normalized spacial score (nSPS) is 10.7. The zero-order chi connectivity index (χ0) is 23.8. The summed E-state index contributed by atoms with van der Waals surface area (Å²) in [5.41, 5.74) is 0.579. The van der Waals surface area contributed by atoms with E-state index in [1.54, 1.807) is 12.1 Å². The van der Waals surface area contributed by atoms with E-state index in [2.05, 4.69) is 15.5 Å². The molecule has 0 unspecified atom stereocenters. The molecule has 33 heavy (non-hydrogen) atoms.